The number of sulfone groups is 1. The molecule has 2 heterocycles. The highest BCUT2D eigenvalue weighted by Gasteiger charge is 2.28. The van der Waals surface area contributed by atoms with Crippen LogP contribution in [0.2, 0.25) is 5.02 Å². The zero-order valence-electron chi connectivity index (χ0n) is 17.7. The summed E-state index contributed by atoms with van der Waals surface area (Å²) < 4.78 is 42.3. The molecule has 0 aliphatic carbocycles. The van der Waals surface area contributed by atoms with Crippen LogP contribution in [0.1, 0.15) is 26.5 Å². The van der Waals surface area contributed by atoms with Crippen molar-refractivity contribution in [3.8, 4) is 5.69 Å². The van der Waals surface area contributed by atoms with Gasteiger partial charge in [-0.05, 0) is 29.7 Å². The molecule has 0 unspecified atom stereocenters. The molecule has 1 N–H and O–H groups in total. The average Bonchev–Trinajstić information content (AvgIpc) is 3.13. The third-order valence-electron chi connectivity index (χ3n) is 4.40. The van der Waals surface area contributed by atoms with Crippen LogP contribution in [-0.4, -0.2) is 45.8 Å². The second-order valence-electron chi connectivity index (χ2n) is 8.35. The molecule has 0 atom stereocenters. The molecule has 0 spiro atoms. The van der Waals surface area contributed by atoms with Gasteiger partial charge in [-0.15, -0.1) is 0 Å². The molecule has 170 valence electrons. The van der Waals surface area contributed by atoms with E-state index in [-0.39, 0.29) is 44.8 Å². The van der Waals surface area contributed by atoms with Gasteiger partial charge in [-0.2, -0.15) is 5.10 Å². The molecular formula is C21H22ClFN4O4S. The minimum Gasteiger partial charge on any atom is -0.465 e. The minimum absolute atomic E-state index is 0.111. The lowest BCUT2D eigenvalue weighted by Crippen LogP contribution is -2.36. The van der Waals surface area contributed by atoms with E-state index in [0.29, 0.717) is 0 Å². The standard InChI is InChI=1S/C21H22ClFN4O4S/c1-21(2,3)13-26(20(28)29)12-14-10-18(32(30,31)15-6-5-9-24-11-15)27(25-14)17-8-4-7-16(22)19(17)23/h4-11H,12-13H2,1-3H3,(H,28,29). The number of nitrogens with zero attached hydrogens (tertiary/aromatic N) is 4. The smallest absolute Gasteiger partial charge is 0.407 e. The van der Waals surface area contributed by atoms with Crippen LogP contribution in [0.5, 0.6) is 0 Å². The number of pyridine rings is 1. The van der Waals surface area contributed by atoms with Gasteiger partial charge < -0.3 is 10.0 Å². The van der Waals surface area contributed by atoms with E-state index in [1.54, 1.807) is 0 Å². The predicted octanol–water partition coefficient (Wildman–Crippen LogP) is 4.42. The van der Waals surface area contributed by atoms with E-state index in [2.05, 4.69) is 10.1 Å². The van der Waals surface area contributed by atoms with Crippen LogP contribution < -0.4 is 0 Å². The molecule has 0 radical (unpaired) electrons. The Morgan fingerprint density at radius 1 is 1.25 bits per heavy atom. The Kier molecular flexibility index (Phi) is 6.56. The van der Waals surface area contributed by atoms with Gasteiger partial charge >= 0.3 is 6.09 Å². The van der Waals surface area contributed by atoms with Crippen molar-refractivity contribution in [2.75, 3.05) is 6.54 Å². The Morgan fingerprint density at radius 3 is 2.56 bits per heavy atom. The van der Waals surface area contributed by atoms with E-state index in [4.69, 9.17) is 11.6 Å². The molecule has 8 nitrogen and oxygen atoms in total. The van der Waals surface area contributed by atoms with E-state index < -0.39 is 21.7 Å². The molecule has 0 saturated heterocycles. The van der Waals surface area contributed by atoms with Crippen LogP contribution in [0.4, 0.5) is 9.18 Å². The highest BCUT2D eigenvalue weighted by atomic mass is 35.5. The van der Waals surface area contributed by atoms with Crippen LogP contribution in [-0.2, 0) is 16.4 Å². The first-order valence-corrected chi connectivity index (χ1v) is 11.4. The van der Waals surface area contributed by atoms with Crippen molar-refractivity contribution in [2.24, 2.45) is 5.41 Å². The molecule has 2 aromatic heterocycles. The van der Waals surface area contributed by atoms with Gasteiger partial charge in [0, 0.05) is 25.0 Å². The highest BCUT2D eigenvalue weighted by Crippen LogP contribution is 2.28. The maximum absolute atomic E-state index is 14.8. The van der Waals surface area contributed by atoms with Crippen molar-refractivity contribution < 1.29 is 22.7 Å². The van der Waals surface area contributed by atoms with Crippen molar-refractivity contribution in [2.45, 2.75) is 37.2 Å². The Bertz CT molecular complexity index is 1240. The fourth-order valence-electron chi connectivity index (χ4n) is 3.09. The molecule has 0 saturated carbocycles. The third-order valence-corrected chi connectivity index (χ3v) is 6.39. The van der Waals surface area contributed by atoms with Crippen LogP contribution >= 0.6 is 11.6 Å². The highest BCUT2D eigenvalue weighted by molar-refractivity contribution is 7.91. The topological polar surface area (TPSA) is 105 Å². The maximum atomic E-state index is 14.8. The van der Waals surface area contributed by atoms with Gasteiger partial charge in [-0.3, -0.25) is 4.98 Å². The maximum Gasteiger partial charge on any atom is 0.407 e. The normalized spacial score (nSPS) is 12.0. The van der Waals surface area contributed by atoms with Crippen molar-refractivity contribution in [1.82, 2.24) is 19.7 Å². The van der Waals surface area contributed by atoms with Gasteiger partial charge in [0.1, 0.15) is 5.69 Å². The third kappa shape index (κ3) is 5.08. The number of halogens is 2. The lowest BCUT2D eigenvalue weighted by molar-refractivity contribution is 0.122. The lowest BCUT2D eigenvalue weighted by Gasteiger charge is -2.27. The molecule has 3 aromatic rings. The fraction of sp³-hybridized carbons (Fsp3) is 0.286. The number of carbonyl (C=O) groups is 1. The summed E-state index contributed by atoms with van der Waals surface area (Å²) in [6.07, 6.45) is 1.42. The predicted molar refractivity (Wildman–Crippen MR) is 116 cm³/mol. The first-order valence-electron chi connectivity index (χ1n) is 9.56. The van der Waals surface area contributed by atoms with E-state index in [9.17, 15) is 22.7 Å². The largest absolute Gasteiger partial charge is 0.465 e. The van der Waals surface area contributed by atoms with Crippen LogP contribution in [0.3, 0.4) is 0 Å². The summed E-state index contributed by atoms with van der Waals surface area (Å²) in [4.78, 5) is 16.6. The molecule has 0 aliphatic heterocycles. The second kappa shape index (κ2) is 8.87. The molecule has 0 aliphatic rings. The summed E-state index contributed by atoms with van der Waals surface area (Å²) in [6, 6.07) is 8.19. The van der Waals surface area contributed by atoms with Crippen LogP contribution in [0.25, 0.3) is 5.69 Å². The first-order chi connectivity index (χ1) is 14.9. The van der Waals surface area contributed by atoms with Gasteiger partial charge in [-0.25, -0.2) is 22.3 Å². The van der Waals surface area contributed by atoms with Gasteiger partial charge in [0.25, 0.3) is 0 Å². The summed E-state index contributed by atoms with van der Waals surface area (Å²) in [7, 11) is -4.16. The van der Waals surface area contributed by atoms with Gasteiger partial charge in [0.2, 0.25) is 9.84 Å². The van der Waals surface area contributed by atoms with Gasteiger partial charge in [0.15, 0.2) is 10.8 Å². The SMILES string of the molecule is CC(C)(C)CN(Cc1cc(S(=O)(=O)c2cccnc2)n(-c2cccc(Cl)c2F)n1)C(=O)O. The van der Waals surface area contributed by atoms with E-state index in [1.807, 2.05) is 20.8 Å². The Balaban J connectivity index is 2.16. The number of carboxylic acid groups (broad SMARTS) is 1. The summed E-state index contributed by atoms with van der Waals surface area (Å²) in [5.41, 5.74) is -0.382. The van der Waals surface area contributed by atoms with E-state index in [1.165, 1.54) is 48.8 Å². The number of hydrogen-bond acceptors (Lipinski definition) is 5. The van der Waals surface area contributed by atoms with E-state index >= 15 is 0 Å². The van der Waals surface area contributed by atoms with Crippen molar-refractivity contribution in [1.29, 1.82) is 0 Å². The summed E-state index contributed by atoms with van der Waals surface area (Å²) in [5.74, 6) is -0.851. The summed E-state index contributed by atoms with van der Waals surface area (Å²) in [5, 5.41) is 13.3. The molecule has 32 heavy (non-hydrogen) atoms. The van der Waals surface area contributed by atoms with Crippen LogP contribution in [0, 0.1) is 11.2 Å². The van der Waals surface area contributed by atoms with Crippen LogP contribution in [0.15, 0.2) is 58.7 Å². The van der Waals surface area contributed by atoms with Crippen molar-refractivity contribution in [3.05, 3.63) is 65.3 Å². The van der Waals surface area contributed by atoms with E-state index in [0.717, 1.165) is 9.58 Å². The summed E-state index contributed by atoms with van der Waals surface area (Å²) >= 11 is 5.89. The first kappa shape index (κ1) is 23.7. The molecule has 0 bridgehead atoms. The molecular weight excluding hydrogens is 459 g/mol. The van der Waals surface area contributed by atoms with Crippen molar-refractivity contribution in [3.63, 3.8) is 0 Å². The number of amides is 1. The number of rotatable bonds is 6. The minimum atomic E-state index is -4.16. The number of benzene rings is 1. The Labute approximate surface area is 190 Å². The Morgan fingerprint density at radius 2 is 1.97 bits per heavy atom. The van der Waals surface area contributed by atoms with Crippen molar-refractivity contribution >= 4 is 27.5 Å². The van der Waals surface area contributed by atoms with Gasteiger partial charge in [0.05, 0.1) is 22.2 Å². The number of hydrogen-bond donors (Lipinski definition) is 1. The zero-order chi connectivity index (χ0) is 23.7. The quantitative estimate of drug-likeness (QED) is 0.560. The number of aromatic nitrogens is 3. The lowest BCUT2D eigenvalue weighted by atomic mass is 9.96. The monoisotopic (exact) mass is 480 g/mol. The summed E-state index contributed by atoms with van der Waals surface area (Å²) in [6.45, 7) is 5.63. The van der Waals surface area contributed by atoms with Gasteiger partial charge in [-0.1, -0.05) is 38.4 Å². The average molecular weight is 481 g/mol. The molecule has 3 rings (SSSR count). The fourth-order valence-corrected chi connectivity index (χ4v) is 4.62. The molecule has 0 fully saturated rings. The molecule has 11 heteroatoms. The zero-order valence-corrected chi connectivity index (χ0v) is 19.2. The molecule has 1 amide bonds. The molecule has 1 aromatic carbocycles. The Hall–Kier alpha value is -2.98. The second-order valence-corrected chi connectivity index (χ2v) is 10.7.